The minimum Gasteiger partial charge on any atom is -0.495 e. The van der Waals surface area contributed by atoms with Crippen molar-refractivity contribution < 1.29 is 4.74 Å². The first-order valence-corrected chi connectivity index (χ1v) is 6.27. The van der Waals surface area contributed by atoms with Gasteiger partial charge in [0.05, 0.1) is 12.1 Å². The fourth-order valence-electron chi connectivity index (χ4n) is 1.71. The summed E-state index contributed by atoms with van der Waals surface area (Å²) in [5.74, 6) is 2.58. The summed E-state index contributed by atoms with van der Waals surface area (Å²) in [4.78, 5) is 13.0. The molecule has 5 nitrogen and oxygen atoms in total. The third-order valence-corrected chi connectivity index (χ3v) is 2.87. The second-order valence-corrected chi connectivity index (χ2v) is 4.42. The fourth-order valence-corrected chi connectivity index (χ4v) is 1.97. The van der Waals surface area contributed by atoms with E-state index in [2.05, 4.69) is 15.0 Å². The van der Waals surface area contributed by atoms with E-state index in [4.69, 9.17) is 22.1 Å². The lowest BCUT2D eigenvalue weighted by atomic mass is 10.2. The van der Waals surface area contributed by atoms with Crippen LogP contribution in [0.15, 0.2) is 18.2 Å². The number of methoxy groups -OCH3 is 1. The number of nitrogens with two attached hydrogens (primary N) is 1. The van der Waals surface area contributed by atoms with Crippen molar-refractivity contribution in [1.29, 1.82) is 0 Å². The SMILES string of the molecule is COc1ccc(-c2nc(C)nc(CCN)n2)cc1Cl. The van der Waals surface area contributed by atoms with Gasteiger partial charge in [0.25, 0.3) is 0 Å². The highest BCUT2D eigenvalue weighted by atomic mass is 35.5. The molecular weight excluding hydrogens is 264 g/mol. The molecule has 2 aromatic rings. The van der Waals surface area contributed by atoms with E-state index in [1.165, 1.54) is 0 Å². The summed E-state index contributed by atoms with van der Waals surface area (Å²) in [6.07, 6.45) is 0.625. The van der Waals surface area contributed by atoms with Crippen LogP contribution in [0.25, 0.3) is 11.4 Å². The van der Waals surface area contributed by atoms with Crippen LogP contribution in [-0.2, 0) is 6.42 Å². The zero-order valence-electron chi connectivity index (χ0n) is 10.9. The second-order valence-electron chi connectivity index (χ2n) is 4.01. The van der Waals surface area contributed by atoms with Crippen LogP contribution in [0.4, 0.5) is 0 Å². The molecule has 0 atom stereocenters. The van der Waals surface area contributed by atoms with E-state index in [0.29, 0.717) is 41.2 Å². The Morgan fingerprint density at radius 3 is 2.68 bits per heavy atom. The molecule has 1 heterocycles. The van der Waals surface area contributed by atoms with Gasteiger partial charge in [-0.1, -0.05) is 11.6 Å². The Balaban J connectivity index is 2.43. The van der Waals surface area contributed by atoms with E-state index >= 15 is 0 Å². The predicted octanol–water partition coefficient (Wildman–Crippen LogP) is 2.01. The predicted molar refractivity (Wildman–Crippen MR) is 74.3 cm³/mol. The summed E-state index contributed by atoms with van der Waals surface area (Å²) in [6, 6.07) is 5.44. The van der Waals surface area contributed by atoms with E-state index in [1.807, 2.05) is 13.0 Å². The third-order valence-electron chi connectivity index (χ3n) is 2.57. The van der Waals surface area contributed by atoms with Gasteiger partial charge < -0.3 is 10.5 Å². The number of ether oxygens (including phenoxy) is 1. The molecule has 100 valence electrons. The van der Waals surface area contributed by atoms with Gasteiger partial charge in [0.2, 0.25) is 0 Å². The molecule has 0 aliphatic rings. The topological polar surface area (TPSA) is 73.9 Å². The lowest BCUT2D eigenvalue weighted by Gasteiger charge is -2.07. The molecule has 1 aromatic heterocycles. The number of halogens is 1. The van der Waals surface area contributed by atoms with E-state index < -0.39 is 0 Å². The van der Waals surface area contributed by atoms with Gasteiger partial charge in [-0.2, -0.15) is 0 Å². The van der Waals surface area contributed by atoms with Gasteiger partial charge in [-0.05, 0) is 31.7 Å². The van der Waals surface area contributed by atoms with Crippen molar-refractivity contribution in [1.82, 2.24) is 15.0 Å². The molecule has 0 bridgehead atoms. The molecule has 0 saturated carbocycles. The van der Waals surface area contributed by atoms with Crippen molar-refractivity contribution >= 4 is 11.6 Å². The molecular formula is C13H15ClN4O. The van der Waals surface area contributed by atoms with Crippen LogP contribution in [0.2, 0.25) is 5.02 Å². The Bertz CT molecular complexity index is 589. The minimum atomic E-state index is 0.506. The zero-order valence-corrected chi connectivity index (χ0v) is 11.6. The monoisotopic (exact) mass is 278 g/mol. The van der Waals surface area contributed by atoms with Gasteiger partial charge in [0.15, 0.2) is 5.82 Å². The molecule has 2 rings (SSSR count). The van der Waals surface area contributed by atoms with Crippen LogP contribution < -0.4 is 10.5 Å². The maximum absolute atomic E-state index is 6.10. The Morgan fingerprint density at radius 2 is 2.05 bits per heavy atom. The molecule has 19 heavy (non-hydrogen) atoms. The van der Waals surface area contributed by atoms with E-state index in [1.54, 1.807) is 19.2 Å². The largest absolute Gasteiger partial charge is 0.495 e. The molecule has 0 saturated heterocycles. The minimum absolute atomic E-state index is 0.506. The number of hydrogen-bond acceptors (Lipinski definition) is 5. The summed E-state index contributed by atoms with van der Waals surface area (Å²) in [6.45, 7) is 2.34. The van der Waals surface area contributed by atoms with Crippen molar-refractivity contribution in [3.63, 3.8) is 0 Å². The third kappa shape index (κ3) is 3.19. The highest BCUT2D eigenvalue weighted by Crippen LogP contribution is 2.28. The van der Waals surface area contributed by atoms with Gasteiger partial charge >= 0.3 is 0 Å². The molecule has 0 amide bonds. The summed E-state index contributed by atoms with van der Waals surface area (Å²) in [7, 11) is 1.58. The van der Waals surface area contributed by atoms with Crippen LogP contribution in [0.1, 0.15) is 11.6 Å². The van der Waals surface area contributed by atoms with Gasteiger partial charge in [0.1, 0.15) is 17.4 Å². The Labute approximate surface area is 116 Å². The van der Waals surface area contributed by atoms with Crippen molar-refractivity contribution in [3.05, 3.63) is 34.9 Å². The standard InChI is InChI=1S/C13H15ClN4O/c1-8-16-12(5-6-15)18-13(17-8)9-3-4-11(19-2)10(14)7-9/h3-4,7H,5-6,15H2,1-2H3. The first-order chi connectivity index (χ1) is 9.13. The van der Waals surface area contributed by atoms with E-state index in [9.17, 15) is 0 Å². The molecule has 0 aliphatic heterocycles. The number of aryl methyl sites for hydroxylation is 1. The molecule has 0 spiro atoms. The molecule has 0 radical (unpaired) electrons. The van der Waals surface area contributed by atoms with Crippen LogP contribution in [0, 0.1) is 6.92 Å². The molecule has 6 heteroatoms. The lowest BCUT2D eigenvalue weighted by molar-refractivity contribution is 0.415. The van der Waals surface area contributed by atoms with Crippen molar-refractivity contribution in [2.24, 2.45) is 5.73 Å². The van der Waals surface area contributed by atoms with Crippen LogP contribution in [0.5, 0.6) is 5.75 Å². The first kappa shape index (κ1) is 13.7. The highest BCUT2D eigenvalue weighted by molar-refractivity contribution is 6.32. The average Bonchev–Trinajstić information content (AvgIpc) is 2.38. The van der Waals surface area contributed by atoms with Gasteiger partial charge in [-0.3, -0.25) is 0 Å². The highest BCUT2D eigenvalue weighted by Gasteiger charge is 2.09. The number of hydrogen-bond donors (Lipinski definition) is 1. The van der Waals surface area contributed by atoms with Gasteiger partial charge in [0, 0.05) is 12.0 Å². The lowest BCUT2D eigenvalue weighted by Crippen LogP contribution is -2.09. The number of benzene rings is 1. The first-order valence-electron chi connectivity index (χ1n) is 5.89. The maximum atomic E-state index is 6.10. The normalized spacial score (nSPS) is 10.5. The van der Waals surface area contributed by atoms with E-state index in [-0.39, 0.29) is 0 Å². The number of nitrogens with zero attached hydrogens (tertiary/aromatic N) is 3. The molecule has 1 aromatic carbocycles. The van der Waals surface area contributed by atoms with Gasteiger partial charge in [-0.15, -0.1) is 0 Å². The van der Waals surface area contributed by atoms with E-state index in [0.717, 1.165) is 5.56 Å². The molecule has 0 aliphatic carbocycles. The summed E-state index contributed by atoms with van der Waals surface area (Å²) in [5, 5.41) is 0.526. The van der Waals surface area contributed by atoms with Crippen LogP contribution in [-0.4, -0.2) is 28.6 Å². The zero-order chi connectivity index (χ0) is 13.8. The van der Waals surface area contributed by atoms with Crippen molar-refractivity contribution in [2.75, 3.05) is 13.7 Å². The Hall–Kier alpha value is -1.72. The molecule has 0 unspecified atom stereocenters. The molecule has 0 fully saturated rings. The maximum Gasteiger partial charge on any atom is 0.163 e. The van der Waals surface area contributed by atoms with Crippen molar-refractivity contribution in [2.45, 2.75) is 13.3 Å². The fraction of sp³-hybridized carbons (Fsp3) is 0.308. The van der Waals surface area contributed by atoms with Crippen LogP contribution >= 0.6 is 11.6 Å². The second kappa shape index (κ2) is 5.95. The average molecular weight is 279 g/mol. The molecule has 2 N–H and O–H groups in total. The summed E-state index contributed by atoms with van der Waals surface area (Å²) < 4.78 is 5.12. The Kier molecular flexibility index (Phi) is 4.29. The smallest absolute Gasteiger partial charge is 0.163 e. The van der Waals surface area contributed by atoms with Gasteiger partial charge in [-0.25, -0.2) is 15.0 Å². The van der Waals surface area contributed by atoms with Crippen molar-refractivity contribution in [3.8, 4) is 17.1 Å². The summed E-state index contributed by atoms with van der Waals surface area (Å²) >= 11 is 6.10. The summed E-state index contributed by atoms with van der Waals surface area (Å²) in [5.41, 5.74) is 6.35. The number of rotatable bonds is 4. The number of aromatic nitrogens is 3. The van der Waals surface area contributed by atoms with Crippen LogP contribution in [0.3, 0.4) is 0 Å². The Morgan fingerprint density at radius 1 is 1.26 bits per heavy atom. The quantitative estimate of drug-likeness (QED) is 0.926.